The van der Waals surface area contributed by atoms with E-state index in [1.807, 2.05) is 18.2 Å². The summed E-state index contributed by atoms with van der Waals surface area (Å²) in [5, 5.41) is 0. The van der Waals surface area contributed by atoms with Gasteiger partial charge < -0.3 is 28.6 Å². The molecule has 0 unspecified atom stereocenters. The second-order valence-electron chi connectivity index (χ2n) is 10.4. The molecular formula is C30H43ClFNO6. The highest BCUT2D eigenvalue weighted by atomic mass is 35.5. The Morgan fingerprint density at radius 3 is 2.28 bits per heavy atom. The molecule has 2 aromatic rings. The lowest BCUT2D eigenvalue weighted by atomic mass is 9.65. The average molecular weight is 568 g/mol. The van der Waals surface area contributed by atoms with Crippen LogP contribution >= 0.6 is 12.4 Å². The van der Waals surface area contributed by atoms with Crippen molar-refractivity contribution in [1.29, 1.82) is 0 Å². The minimum Gasteiger partial charge on any atom is -0.496 e. The molecule has 9 heteroatoms. The number of benzene rings is 2. The summed E-state index contributed by atoms with van der Waals surface area (Å²) < 4.78 is 41.9. The molecule has 0 N–H and O–H groups in total. The first kappa shape index (κ1) is 32.7. The molecule has 218 valence electrons. The van der Waals surface area contributed by atoms with Gasteiger partial charge in [-0.1, -0.05) is 19.9 Å². The SMILES string of the molecule is COCC(=O)O[C@@]1(CCN(C)CCc2c(OC)cc(OC)cc2OC)CCc2cc(F)ccc2[C@H]1C(C)C.Cl. The highest BCUT2D eigenvalue weighted by molar-refractivity contribution is 5.85. The normalized spacial score (nSPS) is 18.4. The van der Waals surface area contributed by atoms with Gasteiger partial charge in [0, 0.05) is 50.2 Å². The number of fused-ring (bicyclic) bond motifs is 1. The molecule has 0 radical (unpaired) electrons. The van der Waals surface area contributed by atoms with Crippen molar-refractivity contribution < 1.29 is 32.9 Å². The van der Waals surface area contributed by atoms with Crippen LogP contribution in [0.1, 0.15) is 49.3 Å². The van der Waals surface area contributed by atoms with Crippen LogP contribution in [0.15, 0.2) is 30.3 Å². The molecule has 39 heavy (non-hydrogen) atoms. The van der Waals surface area contributed by atoms with Crippen molar-refractivity contribution in [3.05, 3.63) is 52.8 Å². The number of ether oxygens (including phenoxy) is 5. The first-order valence-electron chi connectivity index (χ1n) is 13.1. The number of hydrogen-bond acceptors (Lipinski definition) is 7. The Hall–Kier alpha value is -2.55. The number of aryl methyl sites for hydroxylation is 1. The standard InChI is InChI=1S/C30H42FNO6.ClH/c1-20(2)29-24-9-8-22(31)16-21(24)10-12-30(29,38-28(33)19-34-4)13-15-32(3)14-11-25-26(36-6)17-23(35-5)18-27(25)37-7;/h8-9,16-18,20,29H,10-15,19H2,1-7H3;1H/t29-,30-;/m1./s1. The van der Waals surface area contributed by atoms with Crippen LogP contribution in [0.3, 0.4) is 0 Å². The maximum atomic E-state index is 14.0. The van der Waals surface area contributed by atoms with Gasteiger partial charge in [-0.2, -0.15) is 0 Å². The molecule has 0 saturated heterocycles. The van der Waals surface area contributed by atoms with Crippen molar-refractivity contribution in [2.45, 2.75) is 51.0 Å². The van der Waals surface area contributed by atoms with Gasteiger partial charge in [-0.25, -0.2) is 9.18 Å². The Balaban J connectivity index is 0.00000533. The van der Waals surface area contributed by atoms with Crippen LogP contribution in [-0.2, 0) is 27.1 Å². The largest absolute Gasteiger partial charge is 0.496 e. The minimum absolute atomic E-state index is 0. The van der Waals surface area contributed by atoms with E-state index >= 15 is 0 Å². The van der Waals surface area contributed by atoms with Gasteiger partial charge in [-0.15, -0.1) is 12.4 Å². The molecule has 0 fully saturated rings. The number of methoxy groups -OCH3 is 4. The summed E-state index contributed by atoms with van der Waals surface area (Å²) in [7, 11) is 8.43. The Labute approximate surface area is 238 Å². The van der Waals surface area contributed by atoms with E-state index in [9.17, 15) is 9.18 Å². The monoisotopic (exact) mass is 567 g/mol. The van der Waals surface area contributed by atoms with Crippen molar-refractivity contribution in [3.8, 4) is 17.2 Å². The van der Waals surface area contributed by atoms with Crippen LogP contribution < -0.4 is 14.2 Å². The first-order valence-corrected chi connectivity index (χ1v) is 13.1. The van der Waals surface area contributed by atoms with E-state index in [0.717, 1.165) is 34.7 Å². The molecule has 0 spiro atoms. The summed E-state index contributed by atoms with van der Waals surface area (Å²) in [4.78, 5) is 15.0. The third kappa shape index (κ3) is 7.77. The maximum absolute atomic E-state index is 14.0. The van der Waals surface area contributed by atoms with Gasteiger partial charge in [-0.3, -0.25) is 0 Å². The molecule has 0 amide bonds. The Morgan fingerprint density at radius 1 is 1.05 bits per heavy atom. The fourth-order valence-corrected chi connectivity index (χ4v) is 5.78. The van der Waals surface area contributed by atoms with Crippen molar-refractivity contribution in [1.82, 2.24) is 4.90 Å². The highest BCUT2D eigenvalue weighted by Crippen LogP contribution is 2.48. The summed E-state index contributed by atoms with van der Waals surface area (Å²) >= 11 is 0. The molecule has 2 atom stereocenters. The summed E-state index contributed by atoms with van der Waals surface area (Å²) in [6.07, 6.45) is 2.64. The lowest BCUT2D eigenvalue weighted by Crippen LogP contribution is -2.49. The Morgan fingerprint density at radius 2 is 1.72 bits per heavy atom. The fraction of sp³-hybridized carbons (Fsp3) is 0.567. The van der Waals surface area contributed by atoms with Crippen LogP contribution in [0.5, 0.6) is 17.2 Å². The summed E-state index contributed by atoms with van der Waals surface area (Å²) in [5.41, 5.74) is 2.32. The fourth-order valence-electron chi connectivity index (χ4n) is 5.78. The molecule has 0 saturated carbocycles. The number of hydrogen-bond donors (Lipinski definition) is 0. The predicted molar refractivity (Wildman–Crippen MR) is 152 cm³/mol. The van der Waals surface area contributed by atoms with Gasteiger partial charge in [-0.05, 0) is 55.5 Å². The third-order valence-electron chi connectivity index (χ3n) is 7.55. The lowest BCUT2D eigenvalue weighted by Gasteiger charge is -2.47. The third-order valence-corrected chi connectivity index (χ3v) is 7.55. The lowest BCUT2D eigenvalue weighted by molar-refractivity contribution is -0.172. The maximum Gasteiger partial charge on any atom is 0.332 e. The van der Waals surface area contributed by atoms with E-state index in [-0.39, 0.29) is 42.6 Å². The Kier molecular flexibility index (Phi) is 12.3. The van der Waals surface area contributed by atoms with Crippen molar-refractivity contribution in [3.63, 3.8) is 0 Å². The average Bonchev–Trinajstić information content (AvgIpc) is 2.90. The van der Waals surface area contributed by atoms with Crippen LogP contribution in [0.25, 0.3) is 0 Å². The van der Waals surface area contributed by atoms with Crippen molar-refractivity contribution in [2.24, 2.45) is 5.92 Å². The van der Waals surface area contributed by atoms with Gasteiger partial charge >= 0.3 is 5.97 Å². The molecule has 1 aliphatic carbocycles. The molecule has 1 aliphatic rings. The van der Waals surface area contributed by atoms with E-state index in [2.05, 4.69) is 25.8 Å². The van der Waals surface area contributed by atoms with Crippen LogP contribution in [0, 0.1) is 11.7 Å². The van der Waals surface area contributed by atoms with E-state index in [4.69, 9.17) is 23.7 Å². The summed E-state index contributed by atoms with van der Waals surface area (Å²) in [5.74, 6) is 1.63. The minimum atomic E-state index is -0.710. The molecule has 2 aromatic carbocycles. The zero-order valence-corrected chi connectivity index (χ0v) is 25.0. The number of esters is 1. The molecule has 0 bridgehead atoms. The predicted octanol–water partition coefficient (Wildman–Crippen LogP) is 5.45. The summed E-state index contributed by atoms with van der Waals surface area (Å²) in [6.45, 7) is 5.62. The molecule has 3 rings (SSSR count). The highest BCUT2D eigenvalue weighted by Gasteiger charge is 2.47. The zero-order chi connectivity index (χ0) is 27.9. The van der Waals surface area contributed by atoms with E-state index < -0.39 is 5.60 Å². The molecule has 0 heterocycles. The number of rotatable bonds is 13. The van der Waals surface area contributed by atoms with Gasteiger partial charge in [0.05, 0.1) is 21.3 Å². The molecule has 0 aromatic heterocycles. The number of carbonyl (C=O) groups excluding carboxylic acids is 1. The van der Waals surface area contributed by atoms with Crippen LogP contribution in [-0.4, -0.2) is 71.7 Å². The van der Waals surface area contributed by atoms with Gasteiger partial charge in [0.1, 0.15) is 35.3 Å². The first-order chi connectivity index (χ1) is 18.2. The topological polar surface area (TPSA) is 66.5 Å². The van der Waals surface area contributed by atoms with Gasteiger partial charge in [0.15, 0.2) is 0 Å². The number of nitrogens with zero attached hydrogens (tertiary/aromatic N) is 1. The number of halogens is 2. The van der Waals surface area contributed by atoms with E-state index in [1.165, 1.54) is 13.2 Å². The second kappa shape index (κ2) is 14.7. The van der Waals surface area contributed by atoms with Crippen LogP contribution in [0.2, 0.25) is 0 Å². The van der Waals surface area contributed by atoms with E-state index in [1.54, 1.807) is 27.4 Å². The van der Waals surface area contributed by atoms with E-state index in [0.29, 0.717) is 38.0 Å². The van der Waals surface area contributed by atoms with Crippen molar-refractivity contribution >= 4 is 18.4 Å². The second-order valence-corrected chi connectivity index (χ2v) is 10.4. The summed E-state index contributed by atoms with van der Waals surface area (Å²) in [6, 6.07) is 8.70. The Bertz CT molecular complexity index is 1070. The quantitative estimate of drug-likeness (QED) is 0.298. The number of carbonyl (C=O) groups is 1. The van der Waals surface area contributed by atoms with Crippen molar-refractivity contribution in [2.75, 3.05) is 55.2 Å². The molecular weight excluding hydrogens is 525 g/mol. The smallest absolute Gasteiger partial charge is 0.332 e. The van der Waals surface area contributed by atoms with Gasteiger partial charge in [0.25, 0.3) is 0 Å². The zero-order valence-electron chi connectivity index (χ0n) is 24.2. The molecule has 0 aliphatic heterocycles. The molecule has 7 nitrogen and oxygen atoms in total. The van der Waals surface area contributed by atoms with Gasteiger partial charge in [0.2, 0.25) is 0 Å². The van der Waals surface area contributed by atoms with Crippen LogP contribution in [0.4, 0.5) is 4.39 Å². The number of likely N-dealkylation sites (N-methyl/N-ethyl adjacent to an activating group) is 1.